The largest absolute Gasteiger partial charge is 0.493 e. The molecule has 29 heavy (non-hydrogen) atoms. The van der Waals surface area contributed by atoms with E-state index >= 15 is 0 Å². The molecule has 0 aliphatic carbocycles. The lowest BCUT2D eigenvalue weighted by molar-refractivity contribution is -0.119. The standard InChI is InChI=1S/C21H28N2O5S/c1-15-10-16(2)12-18(11-15)23(29(5,25)26)14-21(24)22-9-8-17-6-7-19(27-3)20(13-17)28-4/h6-7,10-13H,8-9,14H2,1-5H3,(H,22,24). The number of carbonyl (C=O) groups is 1. The molecule has 0 fully saturated rings. The molecule has 0 bridgehead atoms. The first-order chi connectivity index (χ1) is 13.6. The average Bonchev–Trinajstić information content (AvgIpc) is 2.64. The lowest BCUT2D eigenvalue weighted by Gasteiger charge is -2.23. The Morgan fingerprint density at radius 3 is 2.17 bits per heavy atom. The third-order valence-corrected chi connectivity index (χ3v) is 5.51. The second-order valence-electron chi connectivity index (χ2n) is 6.90. The Hall–Kier alpha value is -2.74. The van der Waals surface area contributed by atoms with Gasteiger partial charge in [0.05, 0.1) is 26.2 Å². The Balaban J connectivity index is 2.02. The Labute approximate surface area is 172 Å². The van der Waals surface area contributed by atoms with Crippen LogP contribution in [-0.2, 0) is 21.2 Å². The van der Waals surface area contributed by atoms with Crippen LogP contribution < -0.4 is 19.1 Å². The maximum atomic E-state index is 12.4. The molecule has 1 N–H and O–H groups in total. The van der Waals surface area contributed by atoms with Crippen molar-refractivity contribution in [3.8, 4) is 11.5 Å². The summed E-state index contributed by atoms with van der Waals surface area (Å²) in [7, 11) is -0.462. The molecule has 1 amide bonds. The van der Waals surface area contributed by atoms with Gasteiger partial charge < -0.3 is 14.8 Å². The lowest BCUT2D eigenvalue weighted by atomic mass is 10.1. The number of methoxy groups -OCH3 is 2. The number of sulfonamides is 1. The van der Waals surface area contributed by atoms with E-state index in [0.29, 0.717) is 30.2 Å². The van der Waals surface area contributed by atoms with Crippen LogP contribution in [0.1, 0.15) is 16.7 Å². The van der Waals surface area contributed by atoms with Crippen LogP contribution in [0.4, 0.5) is 5.69 Å². The van der Waals surface area contributed by atoms with Crippen molar-refractivity contribution in [3.05, 3.63) is 53.1 Å². The highest BCUT2D eigenvalue weighted by Crippen LogP contribution is 2.27. The van der Waals surface area contributed by atoms with Gasteiger partial charge in [-0.25, -0.2) is 8.42 Å². The fourth-order valence-electron chi connectivity index (χ4n) is 3.06. The third kappa shape index (κ3) is 6.39. The lowest BCUT2D eigenvalue weighted by Crippen LogP contribution is -2.41. The van der Waals surface area contributed by atoms with E-state index in [-0.39, 0.29) is 12.5 Å². The van der Waals surface area contributed by atoms with Crippen molar-refractivity contribution in [2.75, 3.05) is 37.9 Å². The van der Waals surface area contributed by atoms with Gasteiger partial charge in [-0.05, 0) is 61.2 Å². The van der Waals surface area contributed by atoms with E-state index < -0.39 is 10.0 Å². The minimum absolute atomic E-state index is 0.270. The number of anilines is 1. The van der Waals surface area contributed by atoms with E-state index in [1.54, 1.807) is 32.4 Å². The Kier molecular flexibility index (Phi) is 7.50. The predicted octanol–water partition coefficient (Wildman–Crippen LogP) is 2.45. The highest BCUT2D eigenvalue weighted by Gasteiger charge is 2.21. The van der Waals surface area contributed by atoms with Gasteiger partial charge in [0.1, 0.15) is 6.54 Å². The Bertz CT molecular complexity index is 953. The molecule has 158 valence electrons. The molecule has 0 saturated heterocycles. The SMILES string of the molecule is COc1ccc(CCNC(=O)CN(c2cc(C)cc(C)c2)S(C)(=O)=O)cc1OC. The molecule has 0 heterocycles. The number of ether oxygens (including phenoxy) is 2. The topological polar surface area (TPSA) is 84.9 Å². The first-order valence-electron chi connectivity index (χ1n) is 9.17. The van der Waals surface area contributed by atoms with Gasteiger partial charge in [-0.3, -0.25) is 9.10 Å². The average molecular weight is 421 g/mol. The second-order valence-corrected chi connectivity index (χ2v) is 8.81. The maximum absolute atomic E-state index is 12.4. The van der Waals surface area contributed by atoms with Crippen molar-refractivity contribution in [1.29, 1.82) is 0 Å². The molecular weight excluding hydrogens is 392 g/mol. The minimum atomic E-state index is -3.60. The van der Waals surface area contributed by atoms with Gasteiger partial charge in [-0.1, -0.05) is 12.1 Å². The summed E-state index contributed by atoms with van der Waals surface area (Å²) in [6.07, 6.45) is 1.68. The summed E-state index contributed by atoms with van der Waals surface area (Å²) < 4.78 is 36.1. The smallest absolute Gasteiger partial charge is 0.240 e. The zero-order valence-electron chi connectivity index (χ0n) is 17.5. The number of amides is 1. The van der Waals surface area contributed by atoms with Gasteiger partial charge in [0.2, 0.25) is 15.9 Å². The first-order valence-corrected chi connectivity index (χ1v) is 11.0. The van der Waals surface area contributed by atoms with Crippen molar-refractivity contribution >= 4 is 21.6 Å². The molecule has 2 rings (SSSR count). The second kappa shape index (κ2) is 9.65. The van der Waals surface area contributed by atoms with Gasteiger partial charge in [0, 0.05) is 6.54 Å². The highest BCUT2D eigenvalue weighted by molar-refractivity contribution is 7.92. The van der Waals surface area contributed by atoms with Crippen molar-refractivity contribution in [3.63, 3.8) is 0 Å². The monoisotopic (exact) mass is 420 g/mol. The molecule has 0 aliphatic rings. The number of benzene rings is 2. The Morgan fingerprint density at radius 2 is 1.62 bits per heavy atom. The van der Waals surface area contributed by atoms with Crippen LogP contribution >= 0.6 is 0 Å². The molecule has 0 spiro atoms. The van der Waals surface area contributed by atoms with Crippen molar-refractivity contribution in [1.82, 2.24) is 5.32 Å². The van der Waals surface area contributed by atoms with E-state index in [4.69, 9.17) is 9.47 Å². The van der Waals surface area contributed by atoms with Gasteiger partial charge in [0.25, 0.3) is 0 Å². The quantitative estimate of drug-likeness (QED) is 0.674. The van der Waals surface area contributed by atoms with E-state index in [1.165, 1.54) is 0 Å². The molecule has 0 aromatic heterocycles. The zero-order valence-corrected chi connectivity index (χ0v) is 18.3. The summed E-state index contributed by atoms with van der Waals surface area (Å²) in [5.41, 5.74) is 3.32. The van der Waals surface area contributed by atoms with E-state index in [1.807, 2.05) is 32.0 Å². The Morgan fingerprint density at radius 1 is 1.00 bits per heavy atom. The van der Waals surface area contributed by atoms with Crippen LogP contribution in [0.3, 0.4) is 0 Å². The van der Waals surface area contributed by atoms with E-state index in [0.717, 1.165) is 27.3 Å². The molecule has 8 heteroatoms. The fourth-order valence-corrected chi connectivity index (χ4v) is 3.90. The van der Waals surface area contributed by atoms with Gasteiger partial charge in [-0.2, -0.15) is 0 Å². The molecular formula is C21H28N2O5S. The normalized spacial score (nSPS) is 11.1. The summed E-state index contributed by atoms with van der Waals surface area (Å²) in [4.78, 5) is 12.4. The van der Waals surface area contributed by atoms with Crippen LogP contribution in [0.15, 0.2) is 36.4 Å². The van der Waals surface area contributed by atoms with Crippen LogP contribution in [0.5, 0.6) is 11.5 Å². The van der Waals surface area contributed by atoms with Crippen LogP contribution in [0, 0.1) is 13.8 Å². The van der Waals surface area contributed by atoms with Crippen molar-refractivity contribution in [2.24, 2.45) is 0 Å². The molecule has 0 aliphatic heterocycles. The summed E-state index contributed by atoms with van der Waals surface area (Å²) >= 11 is 0. The molecule has 0 radical (unpaired) electrons. The molecule has 2 aromatic rings. The summed E-state index contributed by atoms with van der Waals surface area (Å²) in [6, 6.07) is 11.0. The maximum Gasteiger partial charge on any atom is 0.240 e. The van der Waals surface area contributed by atoms with Crippen LogP contribution in [0.2, 0.25) is 0 Å². The summed E-state index contributed by atoms with van der Waals surface area (Å²) in [5, 5.41) is 2.78. The van der Waals surface area contributed by atoms with Crippen LogP contribution in [0.25, 0.3) is 0 Å². The van der Waals surface area contributed by atoms with Gasteiger partial charge in [-0.15, -0.1) is 0 Å². The number of nitrogens with one attached hydrogen (secondary N) is 1. The van der Waals surface area contributed by atoms with E-state index in [9.17, 15) is 13.2 Å². The zero-order chi connectivity index (χ0) is 21.6. The van der Waals surface area contributed by atoms with Crippen LogP contribution in [-0.4, -0.2) is 47.9 Å². The summed E-state index contributed by atoms with van der Waals surface area (Å²) in [5.74, 6) is 0.891. The first kappa shape index (κ1) is 22.5. The highest BCUT2D eigenvalue weighted by atomic mass is 32.2. The molecule has 7 nitrogen and oxygen atoms in total. The third-order valence-electron chi connectivity index (χ3n) is 4.37. The molecule has 0 saturated carbocycles. The number of hydrogen-bond donors (Lipinski definition) is 1. The number of nitrogens with zero attached hydrogens (tertiary/aromatic N) is 1. The number of aryl methyl sites for hydroxylation is 2. The summed E-state index contributed by atoms with van der Waals surface area (Å²) in [6.45, 7) is 3.88. The number of hydrogen-bond acceptors (Lipinski definition) is 5. The van der Waals surface area contributed by atoms with E-state index in [2.05, 4.69) is 5.32 Å². The molecule has 0 unspecified atom stereocenters. The van der Waals surface area contributed by atoms with Gasteiger partial charge in [0.15, 0.2) is 11.5 Å². The predicted molar refractivity (Wildman–Crippen MR) is 114 cm³/mol. The molecule has 2 aromatic carbocycles. The van der Waals surface area contributed by atoms with Crippen molar-refractivity contribution in [2.45, 2.75) is 20.3 Å². The fraction of sp³-hybridized carbons (Fsp3) is 0.381. The van der Waals surface area contributed by atoms with Crippen molar-refractivity contribution < 1.29 is 22.7 Å². The number of carbonyl (C=O) groups excluding carboxylic acids is 1. The number of rotatable bonds is 9. The van der Waals surface area contributed by atoms with Gasteiger partial charge >= 0.3 is 0 Å². The minimum Gasteiger partial charge on any atom is -0.493 e. The molecule has 0 atom stereocenters.